The Kier molecular flexibility index (Phi) is 5.94. The van der Waals surface area contributed by atoms with Crippen molar-refractivity contribution in [3.63, 3.8) is 0 Å². The average Bonchev–Trinajstić information content (AvgIpc) is 2.95. The first-order valence-corrected chi connectivity index (χ1v) is 9.99. The highest BCUT2D eigenvalue weighted by Gasteiger charge is 2.16. The second-order valence-corrected chi connectivity index (χ2v) is 7.84. The van der Waals surface area contributed by atoms with Crippen LogP contribution in [0.4, 0.5) is 5.69 Å². The molecule has 0 spiro atoms. The number of carbonyl (C=O) groups excluding carboxylic acids is 1. The zero-order valence-corrected chi connectivity index (χ0v) is 18.4. The maximum absolute atomic E-state index is 12.8. The zero-order chi connectivity index (χ0) is 22.0. The smallest absolute Gasteiger partial charge is 0.266 e. The molecule has 4 nitrogen and oxygen atoms in total. The summed E-state index contributed by atoms with van der Waals surface area (Å²) in [6, 6.07) is 16.1. The van der Waals surface area contributed by atoms with E-state index in [9.17, 15) is 10.1 Å². The van der Waals surface area contributed by atoms with Crippen molar-refractivity contribution in [3.8, 4) is 11.8 Å². The molecule has 4 heteroatoms. The molecule has 0 aliphatic heterocycles. The Morgan fingerprint density at radius 1 is 0.967 bits per heavy atom. The van der Waals surface area contributed by atoms with Crippen LogP contribution in [0.5, 0.6) is 0 Å². The molecule has 1 heterocycles. The summed E-state index contributed by atoms with van der Waals surface area (Å²) in [7, 11) is 0. The van der Waals surface area contributed by atoms with E-state index in [-0.39, 0.29) is 5.57 Å². The van der Waals surface area contributed by atoms with Crippen LogP contribution >= 0.6 is 0 Å². The van der Waals surface area contributed by atoms with Crippen molar-refractivity contribution in [3.05, 3.63) is 87.2 Å². The molecule has 1 aromatic heterocycles. The van der Waals surface area contributed by atoms with Crippen molar-refractivity contribution in [2.45, 2.75) is 41.5 Å². The highest BCUT2D eigenvalue weighted by Crippen LogP contribution is 2.27. The number of nitrogens with one attached hydrogen (secondary N) is 1. The molecule has 0 unspecified atom stereocenters. The van der Waals surface area contributed by atoms with Gasteiger partial charge in [-0.1, -0.05) is 35.9 Å². The molecule has 3 aromatic rings. The normalized spacial score (nSPS) is 11.3. The monoisotopic (exact) mass is 397 g/mol. The molecule has 0 bridgehead atoms. The van der Waals surface area contributed by atoms with E-state index in [0.717, 1.165) is 33.8 Å². The number of anilines is 1. The minimum Gasteiger partial charge on any atom is -0.321 e. The van der Waals surface area contributed by atoms with Crippen LogP contribution in [-0.2, 0) is 4.79 Å². The fourth-order valence-electron chi connectivity index (χ4n) is 3.88. The van der Waals surface area contributed by atoms with Crippen LogP contribution in [0.3, 0.4) is 0 Å². The molecule has 1 N–H and O–H groups in total. The Hall–Kier alpha value is -3.58. The highest BCUT2D eigenvalue weighted by atomic mass is 16.1. The van der Waals surface area contributed by atoms with Gasteiger partial charge in [-0.05, 0) is 82.0 Å². The van der Waals surface area contributed by atoms with E-state index in [2.05, 4.69) is 41.9 Å². The first kappa shape index (κ1) is 21.1. The molecule has 152 valence electrons. The van der Waals surface area contributed by atoms with Crippen molar-refractivity contribution >= 4 is 17.7 Å². The van der Waals surface area contributed by atoms with Crippen molar-refractivity contribution in [2.75, 3.05) is 5.32 Å². The van der Waals surface area contributed by atoms with Gasteiger partial charge in [-0.2, -0.15) is 5.26 Å². The highest BCUT2D eigenvalue weighted by molar-refractivity contribution is 6.10. The van der Waals surface area contributed by atoms with Crippen molar-refractivity contribution in [1.82, 2.24) is 4.57 Å². The Morgan fingerprint density at radius 3 is 2.23 bits per heavy atom. The molecular formula is C26H27N3O. The Morgan fingerprint density at radius 2 is 1.63 bits per heavy atom. The first-order valence-electron chi connectivity index (χ1n) is 9.99. The lowest BCUT2D eigenvalue weighted by Gasteiger charge is -2.15. The van der Waals surface area contributed by atoms with E-state index >= 15 is 0 Å². The molecule has 2 aromatic carbocycles. The summed E-state index contributed by atoms with van der Waals surface area (Å²) in [5.74, 6) is -0.402. The van der Waals surface area contributed by atoms with Gasteiger partial charge in [-0.15, -0.1) is 0 Å². The van der Waals surface area contributed by atoms with Crippen LogP contribution in [0, 0.1) is 52.9 Å². The number of aromatic nitrogens is 1. The summed E-state index contributed by atoms with van der Waals surface area (Å²) >= 11 is 0. The number of aryl methyl sites for hydroxylation is 5. The van der Waals surface area contributed by atoms with Crippen molar-refractivity contribution in [2.24, 2.45) is 0 Å². The molecule has 0 saturated heterocycles. The van der Waals surface area contributed by atoms with Gasteiger partial charge < -0.3 is 9.88 Å². The third-order valence-electron chi connectivity index (χ3n) is 5.43. The van der Waals surface area contributed by atoms with Gasteiger partial charge >= 0.3 is 0 Å². The SMILES string of the molecule is Cc1ccc(NC(=O)/C(C#N)=C\c2cc(C)n(-c3c(C)cccc3C)c2C)c(C)c1. The number of nitrogens with zero attached hydrogens (tertiary/aromatic N) is 2. The Labute approximate surface area is 178 Å². The predicted octanol–water partition coefficient (Wildman–Crippen LogP) is 5.87. The predicted molar refractivity (Wildman–Crippen MR) is 123 cm³/mol. The van der Waals surface area contributed by atoms with Crippen LogP contribution in [-0.4, -0.2) is 10.5 Å². The van der Waals surface area contributed by atoms with Gasteiger partial charge in [-0.25, -0.2) is 0 Å². The molecular weight excluding hydrogens is 370 g/mol. The second-order valence-electron chi connectivity index (χ2n) is 7.84. The summed E-state index contributed by atoms with van der Waals surface area (Å²) in [6.45, 7) is 12.2. The van der Waals surface area contributed by atoms with Crippen LogP contribution in [0.25, 0.3) is 11.8 Å². The van der Waals surface area contributed by atoms with E-state index in [1.54, 1.807) is 6.08 Å². The minimum atomic E-state index is -0.402. The number of hydrogen-bond acceptors (Lipinski definition) is 2. The average molecular weight is 398 g/mol. The maximum atomic E-state index is 12.8. The molecule has 30 heavy (non-hydrogen) atoms. The third-order valence-corrected chi connectivity index (χ3v) is 5.43. The maximum Gasteiger partial charge on any atom is 0.266 e. The van der Waals surface area contributed by atoms with Crippen LogP contribution in [0.2, 0.25) is 0 Å². The first-order chi connectivity index (χ1) is 14.2. The topological polar surface area (TPSA) is 57.8 Å². The molecule has 0 fully saturated rings. The van der Waals surface area contributed by atoms with Crippen LogP contribution in [0.15, 0.2) is 48.0 Å². The summed E-state index contributed by atoms with van der Waals surface area (Å²) in [5.41, 5.74) is 9.31. The number of rotatable bonds is 4. The van der Waals surface area contributed by atoms with Crippen molar-refractivity contribution < 1.29 is 4.79 Å². The second kappa shape index (κ2) is 8.42. The Bertz CT molecular complexity index is 1190. The van der Waals surface area contributed by atoms with Gasteiger partial charge in [0.05, 0.1) is 5.69 Å². The third kappa shape index (κ3) is 4.06. The van der Waals surface area contributed by atoms with Crippen molar-refractivity contribution in [1.29, 1.82) is 5.26 Å². The molecule has 0 saturated carbocycles. The molecule has 0 atom stereocenters. The lowest BCUT2D eigenvalue weighted by molar-refractivity contribution is -0.112. The fraction of sp³-hybridized carbons (Fsp3) is 0.231. The molecule has 0 aliphatic rings. The number of nitriles is 1. The van der Waals surface area contributed by atoms with E-state index in [1.165, 1.54) is 11.1 Å². The van der Waals surface area contributed by atoms with E-state index < -0.39 is 5.91 Å². The fourth-order valence-corrected chi connectivity index (χ4v) is 3.88. The molecule has 1 amide bonds. The van der Waals surface area contributed by atoms with Gasteiger partial charge in [-0.3, -0.25) is 4.79 Å². The number of amides is 1. The summed E-state index contributed by atoms with van der Waals surface area (Å²) in [4.78, 5) is 12.8. The number of carbonyl (C=O) groups is 1. The van der Waals surface area contributed by atoms with Gasteiger partial charge in [0.2, 0.25) is 0 Å². The van der Waals surface area contributed by atoms with E-state index in [4.69, 9.17) is 0 Å². The zero-order valence-electron chi connectivity index (χ0n) is 18.4. The number of benzene rings is 2. The Balaban J connectivity index is 1.99. The van der Waals surface area contributed by atoms with E-state index in [0.29, 0.717) is 5.69 Å². The van der Waals surface area contributed by atoms with Gasteiger partial charge in [0.25, 0.3) is 5.91 Å². The molecule has 0 aliphatic carbocycles. The molecule has 0 radical (unpaired) electrons. The van der Waals surface area contributed by atoms with Crippen LogP contribution in [0.1, 0.15) is 39.2 Å². The van der Waals surface area contributed by atoms with Crippen LogP contribution < -0.4 is 5.32 Å². The summed E-state index contributed by atoms with van der Waals surface area (Å²) < 4.78 is 2.19. The van der Waals surface area contributed by atoms with Gasteiger partial charge in [0, 0.05) is 17.1 Å². The number of para-hydroxylation sites is 1. The molecule has 3 rings (SSSR count). The minimum absolute atomic E-state index is 0.0803. The lowest BCUT2D eigenvalue weighted by Crippen LogP contribution is -2.14. The quantitative estimate of drug-likeness (QED) is 0.442. The standard InChI is InChI=1S/C26H27N3O/c1-16-10-11-24(19(4)12-16)28-26(30)23(15-27)14-22-13-20(5)29(21(22)6)25-17(2)8-7-9-18(25)3/h7-14H,1-6H3,(H,28,30)/b23-14-. The van der Waals surface area contributed by atoms with E-state index in [1.807, 2.05) is 58.0 Å². The largest absolute Gasteiger partial charge is 0.321 e. The summed E-state index contributed by atoms with van der Waals surface area (Å²) in [5, 5.41) is 12.5. The summed E-state index contributed by atoms with van der Waals surface area (Å²) in [6.07, 6.45) is 1.67. The van der Waals surface area contributed by atoms with Gasteiger partial charge in [0.1, 0.15) is 11.6 Å². The van der Waals surface area contributed by atoms with Gasteiger partial charge in [0.15, 0.2) is 0 Å². The number of hydrogen-bond donors (Lipinski definition) is 1. The lowest BCUT2D eigenvalue weighted by atomic mass is 10.1.